The first kappa shape index (κ1) is 18.0. The van der Waals surface area contributed by atoms with E-state index in [1.54, 1.807) is 37.9 Å². The Hall–Kier alpha value is -2.35. The monoisotopic (exact) mass is 382 g/mol. The number of fused-ring (bicyclic) bond motifs is 1. The number of aromatic nitrogens is 2. The molecule has 0 bridgehead atoms. The van der Waals surface area contributed by atoms with Crippen molar-refractivity contribution in [2.24, 2.45) is 4.99 Å². The molecule has 1 saturated carbocycles. The maximum atomic E-state index is 10.9. The maximum absolute atomic E-state index is 10.9. The number of ether oxygens (including phenoxy) is 1. The van der Waals surface area contributed by atoms with Crippen molar-refractivity contribution >= 4 is 33.6 Å². The van der Waals surface area contributed by atoms with E-state index in [4.69, 9.17) is 15.5 Å². The molecule has 0 unspecified atom stereocenters. The van der Waals surface area contributed by atoms with Gasteiger partial charge in [-0.3, -0.25) is 4.99 Å². The van der Waals surface area contributed by atoms with Crippen LogP contribution in [0.15, 0.2) is 35.5 Å². The van der Waals surface area contributed by atoms with Gasteiger partial charge in [0.2, 0.25) is 0 Å². The lowest BCUT2D eigenvalue weighted by Crippen LogP contribution is -2.53. The van der Waals surface area contributed by atoms with E-state index in [1.807, 2.05) is 31.2 Å². The molecule has 0 aromatic carbocycles. The molecule has 0 saturated heterocycles. The summed E-state index contributed by atoms with van der Waals surface area (Å²) in [6.07, 6.45) is 4.59. The van der Waals surface area contributed by atoms with Crippen LogP contribution in [-0.2, 0) is 10.3 Å². The fraction of sp³-hybridized carbons (Fsp3) is 0.350. The summed E-state index contributed by atoms with van der Waals surface area (Å²) in [5, 5.41) is 10.9. The van der Waals surface area contributed by atoms with E-state index in [0.29, 0.717) is 18.7 Å². The number of thiophene rings is 1. The minimum absolute atomic E-state index is 0.254. The van der Waals surface area contributed by atoms with Crippen molar-refractivity contribution in [3.63, 3.8) is 0 Å². The quantitative estimate of drug-likeness (QED) is 0.675. The normalized spacial score (nSPS) is 25.2. The first-order valence-corrected chi connectivity index (χ1v) is 9.54. The summed E-state index contributed by atoms with van der Waals surface area (Å²) >= 11 is 1.58. The number of hydrogen-bond donors (Lipinski definition) is 2. The van der Waals surface area contributed by atoms with Crippen molar-refractivity contribution in [2.75, 3.05) is 19.9 Å². The second kappa shape index (κ2) is 6.37. The number of aliphatic imine (C=N–C) groups is 1. The number of nitrogens with two attached hydrogens (primary N) is 1. The number of aliphatic hydroxyl groups is 1. The van der Waals surface area contributed by atoms with E-state index in [9.17, 15) is 5.11 Å². The van der Waals surface area contributed by atoms with Gasteiger partial charge in [-0.2, -0.15) is 0 Å². The molecular weight excluding hydrogens is 360 g/mol. The minimum Gasteiger partial charge on any atom is -0.384 e. The molecule has 0 spiro atoms. The number of hydrogen-bond acceptors (Lipinski definition) is 7. The van der Waals surface area contributed by atoms with Crippen LogP contribution < -0.4 is 5.73 Å². The smallest absolute Gasteiger partial charge is 0.132 e. The number of anilines is 1. The zero-order chi connectivity index (χ0) is 19.2. The van der Waals surface area contributed by atoms with Gasteiger partial charge in [-0.25, -0.2) is 9.97 Å². The second-order valence-electron chi connectivity index (χ2n) is 7.32. The average Bonchev–Trinajstić information content (AvgIpc) is 3.06. The van der Waals surface area contributed by atoms with Gasteiger partial charge in [0.05, 0.1) is 21.5 Å². The van der Waals surface area contributed by atoms with Gasteiger partial charge in [-0.05, 0) is 31.2 Å². The fourth-order valence-corrected chi connectivity index (χ4v) is 4.78. The summed E-state index contributed by atoms with van der Waals surface area (Å²) in [6, 6.07) is 7.91. The molecular formula is C20H22N4O2S. The Bertz CT molecular complexity index is 1040. The van der Waals surface area contributed by atoms with E-state index in [2.05, 4.69) is 9.98 Å². The van der Waals surface area contributed by atoms with Crippen molar-refractivity contribution in [2.45, 2.75) is 31.0 Å². The van der Waals surface area contributed by atoms with Gasteiger partial charge in [0, 0.05) is 55.4 Å². The van der Waals surface area contributed by atoms with E-state index in [1.165, 1.54) is 0 Å². The Kier molecular flexibility index (Phi) is 4.25. The van der Waals surface area contributed by atoms with Gasteiger partial charge in [0.1, 0.15) is 11.4 Å². The number of pyridine rings is 2. The lowest BCUT2D eigenvalue weighted by Gasteiger charge is -2.50. The molecule has 27 heavy (non-hydrogen) atoms. The summed E-state index contributed by atoms with van der Waals surface area (Å²) in [7, 11) is 3.39. The molecule has 4 rings (SSSR count). The molecule has 7 heteroatoms. The van der Waals surface area contributed by atoms with Crippen molar-refractivity contribution in [3.8, 4) is 11.3 Å². The summed E-state index contributed by atoms with van der Waals surface area (Å²) in [5.41, 5.74) is 8.14. The molecule has 1 aliphatic rings. The van der Waals surface area contributed by atoms with E-state index < -0.39 is 5.60 Å². The second-order valence-corrected chi connectivity index (χ2v) is 8.40. The molecule has 6 nitrogen and oxygen atoms in total. The highest BCUT2D eigenvalue weighted by Gasteiger charge is 2.53. The third-order valence-corrected chi connectivity index (χ3v) is 6.45. The van der Waals surface area contributed by atoms with Crippen LogP contribution in [0.1, 0.15) is 30.2 Å². The van der Waals surface area contributed by atoms with Gasteiger partial charge < -0.3 is 15.6 Å². The van der Waals surface area contributed by atoms with E-state index in [0.717, 1.165) is 31.9 Å². The standard InChI is InChI=1S/C20H22N4O2S/c1-19(26-3)10-20(25,11-19)17-7-15-16(27-17)5-4-14(24-15)12-6-13(8-22-2)18(21)23-9-12/h4-9,25H,10-11H2,1-3H3,(H2,21,23). The third kappa shape index (κ3) is 3.12. The highest BCUT2D eigenvalue weighted by molar-refractivity contribution is 7.19. The Morgan fingerprint density at radius 2 is 2.11 bits per heavy atom. The third-order valence-electron chi connectivity index (χ3n) is 5.17. The Balaban J connectivity index is 1.69. The zero-order valence-electron chi connectivity index (χ0n) is 15.6. The predicted octanol–water partition coefficient (Wildman–Crippen LogP) is 3.38. The molecule has 3 N–H and O–H groups in total. The van der Waals surface area contributed by atoms with E-state index >= 15 is 0 Å². The van der Waals surface area contributed by atoms with Crippen molar-refractivity contribution in [1.82, 2.24) is 9.97 Å². The lowest BCUT2D eigenvalue weighted by molar-refractivity contribution is -0.189. The molecule has 0 radical (unpaired) electrons. The topological polar surface area (TPSA) is 93.6 Å². The Morgan fingerprint density at radius 1 is 1.33 bits per heavy atom. The zero-order valence-corrected chi connectivity index (χ0v) is 16.4. The SMILES string of the molecule is CN=Cc1cc(-c2ccc3sc(C4(O)CC(C)(OC)C4)cc3n2)cnc1N. The van der Waals surface area contributed by atoms with Crippen LogP contribution in [0.25, 0.3) is 21.5 Å². The van der Waals surface area contributed by atoms with Crippen LogP contribution in [0, 0.1) is 0 Å². The van der Waals surface area contributed by atoms with Crippen LogP contribution in [0.4, 0.5) is 5.82 Å². The van der Waals surface area contributed by atoms with Crippen LogP contribution in [-0.4, -0.2) is 41.0 Å². The first-order chi connectivity index (χ1) is 12.9. The lowest BCUT2D eigenvalue weighted by atomic mass is 9.67. The predicted molar refractivity (Wildman–Crippen MR) is 109 cm³/mol. The largest absolute Gasteiger partial charge is 0.384 e. The molecule has 0 atom stereocenters. The van der Waals surface area contributed by atoms with Crippen molar-refractivity contribution < 1.29 is 9.84 Å². The highest BCUT2D eigenvalue weighted by atomic mass is 32.1. The van der Waals surface area contributed by atoms with Crippen LogP contribution in [0.3, 0.4) is 0 Å². The molecule has 140 valence electrons. The molecule has 3 aromatic heterocycles. The molecule has 1 aliphatic carbocycles. The van der Waals surface area contributed by atoms with Crippen LogP contribution in [0.2, 0.25) is 0 Å². The summed E-state index contributed by atoms with van der Waals surface area (Å²) in [5.74, 6) is 0.441. The molecule has 1 fully saturated rings. The summed E-state index contributed by atoms with van der Waals surface area (Å²) < 4.78 is 6.53. The maximum Gasteiger partial charge on any atom is 0.132 e. The Labute approximate surface area is 161 Å². The van der Waals surface area contributed by atoms with Crippen molar-refractivity contribution in [3.05, 3.63) is 40.9 Å². The average molecular weight is 382 g/mol. The number of methoxy groups -OCH3 is 1. The molecule has 3 aromatic rings. The van der Waals surface area contributed by atoms with Gasteiger partial charge in [0.15, 0.2) is 0 Å². The number of rotatable bonds is 4. The molecule has 0 aliphatic heterocycles. The molecule has 3 heterocycles. The first-order valence-electron chi connectivity index (χ1n) is 8.72. The minimum atomic E-state index is -0.830. The summed E-state index contributed by atoms with van der Waals surface area (Å²) in [6.45, 7) is 2.02. The Morgan fingerprint density at radius 3 is 2.81 bits per heavy atom. The van der Waals surface area contributed by atoms with Gasteiger partial charge >= 0.3 is 0 Å². The summed E-state index contributed by atoms with van der Waals surface area (Å²) in [4.78, 5) is 14.0. The van der Waals surface area contributed by atoms with Gasteiger partial charge in [0.25, 0.3) is 0 Å². The van der Waals surface area contributed by atoms with Crippen LogP contribution in [0.5, 0.6) is 0 Å². The van der Waals surface area contributed by atoms with Crippen LogP contribution >= 0.6 is 11.3 Å². The number of nitrogen functional groups attached to an aromatic ring is 1. The molecule has 0 amide bonds. The van der Waals surface area contributed by atoms with Crippen molar-refractivity contribution in [1.29, 1.82) is 0 Å². The number of nitrogens with zero attached hydrogens (tertiary/aromatic N) is 3. The van der Waals surface area contributed by atoms with Gasteiger partial charge in [-0.15, -0.1) is 11.3 Å². The van der Waals surface area contributed by atoms with E-state index in [-0.39, 0.29) is 5.60 Å². The van der Waals surface area contributed by atoms with Gasteiger partial charge in [-0.1, -0.05) is 0 Å². The fourth-order valence-electron chi connectivity index (χ4n) is 3.69. The highest BCUT2D eigenvalue weighted by Crippen LogP contribution is 2.52.